The lowest BCUT2D eigenvalue weighted by Crippen LogP contribution is -2.29. The molecule has 1 aliphatic rings. The summed E-state index contributed by atoms with van der Waals surface area (Å²) in [5, 5.41) is 3.44. The molecule has 1 amide bonds. The van der Waals surface area contributed by atoms with Gasteiger partial charge in [0.05, 0.1) is 34.7 Å². The lowest BCUT2D eigenvalue weighted by Gasteiger charge is -2.26. The van der Waals surface area contributed by atoms with Gasteiger partial charge in [0.15, 0.2) is 0 Å². The average Bonchev–Trinajstić information content (AvgIpc) is 3.00. The minimum Gasteiger partial charge on any atom is -0.492 e. The smallest absolute Gasteiger partial charge is 0.252 e. The number of primary amides is 1. The third-order valence-electron chi connectivity index (χ3n) is 5.76. The number of halogens is 2. The Morgan fingerprint density at radius 1 is 1.18 bits per heavy atom. The van der Waals surface area contributed by atoms with E-state index in [9.17, 15) is 13.6 Å². The fourth-order valence-electron chi connectivity index (χ4n) is 4.06. The Morgan fingerprint density at radius 3 is 2.76 bits per heavy atom. The van der Waals surface area contributed by atoms with Gasteiger partial charge in [0.1, 0.15) is 17.4 Å². The van der Waals surface area contributed by atoms with E-state index < -0.39 is 17.5 Å². The number of rotatable bonds is 6. The van der Waals surface area contributed by atoms with Gasteiger partial charge in [-0.1, -0.05) is 0 Å². The van der Waals surface area contributed by atoms with Gasteiger partial charge in [-0.2, -0.15) is 0 Å². The first kappa shape index (κ1) is 22.7. The molecule has 9 heteroatoms. The van der Waals surface area contributed by atoms with E-state index in [1.807, 2.05) is 13.0 Å². The largest absolute Gasteiger partial charge is 0.492 e. The van der Waals surface area contributed by atoms with Crippen molar-refractivity contribution in [3.63, 3.8) is 0 Å². The van der Waals surface area contributed by atoms with Gasteiger partial charge in [-0.05, 0) is 45.1 Å². The molecule has 4 rings (SSSR count). The first-order chi connectivity index (χ1) is 15.9. The summed E-state index contributed by atoms with van der Waals surface area (Å²) in [4.78, 5) is 21.1. The molecule has 3 N–H and O–H groups in total. The van der Waals surface area contributed by atoms with Crippen molar-refractivity contribution in [2.75, 3.05) is 50.1 Å². The summed E-state index contributed by atoms with van der Waals surface area (Å²) in [6, 6.07) is 6.78. The van der Waals surface area contributed by atoms with Gasteiger partial charge in [0.25, 0.3) is 5.91 Å². The van der Waals surface area contributed by atoms with Crippen molar-refractivity contribution in [1.29, 1.82) is 0 Å². The Morgan fingerprint density at radius 2 is 2.00 bits per heavy atom. The summed E-state index contributed by atoms with van der Waals surface area (Å²) >= 11 is 0. The van der Waals surface area contributed by atoms with Crippen LogP contribution in [0.15, 0.2) is 36.5 Å². The van der Waals surface area contributed by atoms with Crippen LogP contribution in [-0.2, 0) is 0 Å². The highest BCUT2D eigenvalue weighted by Gasteiger charge is 2.21. The molecule has 33 heavy (non-hydrogen) atoms. The summed E-state index contributed by atoms with van der Waals surface area (Å²) < 4.78 is 34.1. The molecular weight excluding hydrogens is 428 g/mol. The van der Waals surface area contributed by atoms with Crippen molar-refractivity contribution in [1.82, 2.24) is 9.88 Å². The number of benzene rings is 2. The fraction of sp³-hybridized carbons (Fsp3) is 0.333. The molecule has 0 radical (unpaired) electrons. The zero-order valence-electron chi connectivity index (χ0n) is 18.7. The number of carbonyl (C=O) groups excluding carboxylic acids is 1. The number of aromatic nitrogens is 1. The maximum Gasteiger partial charge on any atom is 0.252 e. The number of fused-ring (bicyclic) bond motifs is 1. The van der Waals surface area contributed by atoms with E-state index in [-0.39, 0.29) is 16.9 Å². The molecule has 0 atom stereocenters. The third-order valence-corrected chi connectivity index (χ3v) is 5.76. The van der Waals surface area contributed by atoms with Crippen molar-refractivity contribution in [2.45, 2.75) is 13.3 Å². The van der Waals surface area contributed by atoms with Gasteiger partial charge in [-0.3, -0.25) is 9.78 Å². The van der Waals surface area contributed by atoms with E-state index in [4.69, 9.17) is 10.5 Å². The summed E-state index contributed by atoms with van der Waals surface area (Å²) in [7, 11) is 2.09. The van der Waals surface area contributed by atoms with E-state index in [1.54, 1.807) is 6.07 Å². The molecule has 0 aliphatic carbocycles. The minimum absolute atomic E-state index is 0.0804. The number of nitrogens with zero attached hydrogens (tertiary/aromatic N) is 3. The van der Waals surface area contributed by atoms with Crippen LogP contribution in [0, 0.1) is 11.6 Å². The Balaban J connectivity index is 1.90. The Hall–Kier alpha value is -3.46. The molecule has 1 saturated heterocycles. The number of amides is 1. The number of hydrogen-bond acceptors (Lipinski definition) is 6. The van der Waals surface area contributed by atoms with Crippen LogP contribution in [-0.4, -0.2) is 55.6 Å². The van der Waals surface area contributed by atoms with Crippen LogP contribution >= 0.6 is 0 Å². The van der Waals surface area contributed by atoms with E-state index >= 15 is 0 Å². The molecule has 1 aromatic heterocycles. The quantitative estimate of drug-likeness (QED) is 0.587. The zero-order valence-corrected chi connectivity index (χ0v) is 18.7. The van der Waals surface area contributed by atoms with Crippen molar-refractivity contribution in [3.8, 4) is 5.75 Å². The fourth-order valence-corrected chi connectivity index (χ4v) is 4.06. The summed E-state index contributed by atoms with van der Waals surface area (Å²) in [6.07, 6.45) is 2.32. The molecule has 2 aromatic carbocycles. The second kappa shape index (κ2) is 9.58. The number of hydrogen-bond donors (Lipinski definition) is 2. The minimum atomic E-state index is -0.726. The second-order valence-electron chi connectivity index (χ2n) is 8.07. The number of likely N-dealkylation sites (N-methyl/N-ethyl adjacent to an activating group) is 1. The molecule has 0 bridgehead atoms. The van der Waals surface area contributed by atoms with Gasteiger partial charge in [-0.25, -0.2) is 8.78 Å². The van der Waals surface area contributed by atoms with Crippen LogP contribution in [0.4, 0.5) is 25.8 Å². The lowest BCUT2D eigenvalue weighted by molar-refractivity contribution is 0.100. The van der Waals surface area contributed by atoms with Crippen molar-refractivity contribution < 1.29 is 18.3 Å². The van der Waals surface area contributed by atoms with Gasteiger partial charge in [0, 0.05) is 43.4 Å². The van der Waals surface area contributed by atoms with Crippen LogP contribution in [0.25, 0.3) is 10.9 Å². The Labute approximate surface area is 191 Å². The highest BCUT2D eigenvalue weighted by atomic mass is 19.1. The van der Waals surface area contributed by atoms with Gasteiger partial charge < -0.3 is 25.6 Å². The number of carbonyl (C=O) groups is 1. The van der Waals surface area contributed by atoms with Crippen molar-refractivity contribution >= 4 is 33.9 Å². The summed E-state index contributed by atoms with van der Waals surface area (Å²) in [5.74, 6) is -1.31. The summed E-state index contributed by atoms with van der Waals surface area (Å²) in [5.41, 5.74) is 7.24. The Kier molecular flexibility index (Phi) is 6.60. The zero-order chi connectivity index (χ0) is 23.5. The Bertz CT molecular complexity index is 1190. The number of anilines is 3. The molecular formula is C24H27F2N5O2. The van der Waals surface area contributed by atoms with Crippen LogP contribution < -0.4 is 20.7 Å². The average molecular weight is 456 g/mol. The van der Waals surface area contributed by atoms with Crippen LogP contribution in [0.2, 0.25) is 0 Å². The number of ether oxygens (including phenoxy) is 1. The molecule has 0 saturated carbocycles. The van der Waals surface area contributed by atoms with Gasteiger partial charge >= 0.3 is 0 Å². The molecule has 3 aromatic rings. The van der Waals surface area contributed by atoms with E-state index in [0.29, 0.717) is 23.3 Å². The maximum atomic E-state index is 14.4. The monoisotopic (exact) mass is 455 g/mol. The van der Waals surface area contributed by atoms with Gasteiger partial charge in [-0.15, -0.1) is 0 Å². The summed E-state index contributed by atoms with van der Waals surface area (Å²) in [6.45, 7) is 5.90. The first-order valence-electron chi connectivity index (χ1n) is 10.9. The predicted octanol–water partition coefficient (Wildman–Crippen LogP) is 3.90. The molecule has 174 valence electrons. The van der Waals surface area contributed by atoms with Crippen molar-refractivity contribution in [2.24, 2.45) is 5.73 Å². The third kappa shape index (κ3) is 4.83. The maximum absolute atomic E-state index is 14.4. The molecule has 7 nitrogen and oxygen atoms in total. The molecule has 0 spiro atoms. The van der Waals surface area contributed by atoms with Crippen molar-refractivity contribution in [3.05, 3.63) is 53.7 Å². The van der Waals surface area contributed by atoms with Gasteiger partial charge in [0.2, 0.25) is 0 Å². The molecule has 2 heterocycles. The SMILES string of the molecule is CCOc1cc2ncc(C(N)=O)c(Nc3cc(F)ccc3F)c2cc1N1CCCN(C)CC1. The predicted molar refractivity (Wildman–Crippen MR) is 125 cm³/mol. The van der Waals surface area contributed by atoms with Crippen LogP contribution in [0.5, 0.6) is 5.75 Å². The standard InChI is InChI=1S/C24H27F2N5O2/c1-3-33-22-13-19-16(12-21(22)31-8-4-7-30(2)9-10-31)23(17(14-28-19)24(27)32)29-20-11-15(25)5-6-18(20)26/h5-6,11-14H,3-4,7-10H2,1-2H3,(H2,27,32)(H,28,29). The first-order valence-corrected chi connectivity index (χ1v) is 10.9. The lowest BCUT2D eigenvalue weighted by atomic mass is 10.1. The highest BCUT2D eigenvalue weighted by molar-refractivity contribution is 6.08. The van der Waals surface area contributed by atoms with E-state index in [0.717, 1.165) is 56.5 Å². The topological polar surface area (TPSA) is 83.7 Å². The molecule has 0 unspecified atom stereocenters. The second-order valence-corrected chi connectivity index (χ2v) is 8.07. The number of pyridine rings is 1. The number of nitrogens with two attached hydrogens (primary N) is 1. The molecule has 1 aliphatic heterocycles. The molecule has 1 fully saturated rings. The number of nitrogens with one attached hydrogen (secondary N) is 1. The van der Waals surface area contributed by atoms with E-state index in [2.05, 4.69) is 27.1 Å². The van der Waals surface area contributed by atoms with Crippen LogP contribution in [0.1, 0.15) is 23.7 Å². The van der Waals surface area contributed by atoms with E-state index in [1.165, 1.54) is 6.20 Å². The highest BCUT2D eigenvalue weighted by Crippen LogP contribution is 2.38. The van der Waals surface area contributed by atoms with Crippen LogP contribution in [0.3, 0.4) is 0 Å². The normalized spacial score (nSPS) is 14.8.